The number of aliphatic carboxylic acids is 1. The first kappa shape index (κ1) is 17.9. The van der Waals surface area contributed by atoms with E-state index in [9.17, 15) is 9.59 Å². The Morgan fingerprint density at radius 2 is 2.08 bits per heavy atom. The van der Waals surface area contributed by atoms with Gasteiger partial charge in [-0.2, -0.15) is 0 Å². The Labute approximate surface area is 143 Å². The molecule has 0 saturated carbocycles. The van der Waals surface area contributed by atoms with Crippen molar-refractivity contribution in [1.29, 1.82) is 0 Å². The molecule has 0 spiro atoms. The van der Waals surface area contributed by atoms with E-state index in [2.05, 4.69) is 10.3 Å². The van der Waals surface area contributed by atoms with Gasteiger partial charge in [-0.05, 0) is 37.6 Å². The van der Waals surface area contributed by atoms with Gasteiger partial charge >= 0.3 is 5.97 Å². The number of ether oxygens (including phenoxy) is 2. The van der Waals surface area contributed by atoms with Crippen LogP contribution in [-0.4, -0.2) is 35.7 Å². The molecule has 0 fully saturated rings. The fourth-order valence-electron chi connectivity index (χ4n) is 2.04. The summed E-state index contributed by atoms with van der Waals surface area (Å²) in [7, 11) is 1.58. The maximum atomic E-state index is 12.4. The Morgan fingerprint density at radius 1 is 1.33 bits per heavy atom. The number of carboxylic acid groups (broad SMARTS) is 1. The summed E-state index contributed by atoms with van der Waals surface area (Å²) in [5.74, 6) is -0.850. The highest BCUT2D eigenvalue weighted by Gasteiger charge is 2.16. The van der Waals surface area contributed by atoms with Gasteiger partial charge < -0.3 is 19.9 Å². The average molecular weight is 350 g/mol. The molecule has 0 aliphatic heterocycles. The summed E-state index contributed by atoms with van der Waals surface area (Å²) >= 11 is 1.29. The molecule has 0 saturated heterocycles. The summed E-state index contributed by atoms with van der Waals surface area (Å²) in [5, 5.41) is 12.2. The second kappa shape index (κ2) is 7.89. The summed E-state index contributed by atoms with van der Waals surface area (Å²) in [6, 6.07) is 4.97. The van der Waals surface area contributed by atoms with Crippen molar-refractivity contribution in [3.8, 4) is 5.75 Å². The van der Waals surface area contributed by atoms with E-state index >= 15 is 0 Å². The lowest BCUT2D eigenvalue weighted by Crippen LogP contribution is -2.13. The Hall–Kier alpha value is -2.45. The zero-order chi connectivity index (χ0) is 17.7. The number of hydrogen-bond donors (Lipinski definition) is 2. The average Bonchev–Trinajstić information content (AvgIpc) is 2.88. The van der Waals surface area contributed by atoms with E-state index in [1.165, 1.54) is 11.3 Å². The van der Waals surface area contributed by atoms with Gasteiger partial charge in [-0.3, -0.25) is 4.79 Å². The van der Waals surface area contributed by atoms with E-state index in [1.807, 2.05) is 0 Å². The molecule has 1 amide bonds. The van der Waals surface area contributed by atoms with Gasteiger partial charge in [0, 0.05) is 12.8 Å². The van der Waals surface area contributed by atoms with Gasteiger partial charge in [0.15, 0.2) is 6.61 Å². The lowest BCUT2D eigenvalue weighted by Gasteiger charge is -2.10. The van der Waals surface area contributed by atoms with Crippen molar-refractivity contribution in [2.45, 2.75) is 20.5 Å². The van der Waals surface area contributed by atoms with E-state index in [4.69, 9.17) is 14.6 Å². The SMILES string of the molecule is COCc1nc(C)c(C(=O)Nc2ccc(OCC(=O)O)cc2C)s1. The summed E-state index contributed by atoms with van der Waals surface area (Å²) in [6.45, 7) is 3.54. The molecular formula is C16H18N2O5S. The molecule has 7 nitrogen and oxygen atoms in total. The maximum absolute atomic E-state index is 12.4. The third kappa shape index (κ3) is 4.53. The number of thiazole rings is 1. The van der Waals surface area contributed by atoms with Crippen LogP contribution in [-0.2, 0) is 16.1 Å². The standard InChI is InChI=1S/C16H18N2O5S/c1-9-6-11(23-8-14(19)20)4-5-12(9)18-16(21)15-10(2)17-13(24-15)7-22-3/h4-6H,7-8H2,1-3H3,(H,18,21)(H,19,20). The first-order valence-electron chi connectivity index (χ1n) is 7.12. The number of nitrogens with zero attached hydrogens (tertiary/aromatic N) is 1. The molecule has 2 rings (SSSR count). The van der Waals surface area contributed by atoms with Crippen LogP contribution in [0.4, 0.5) is 5.69 Å². The topological polar surface area (TPSA) is 97.8 Å². The molecular weight excluding hydrogens is 332 g/mol. The van der Waals surface area contributed by atoms with E-state index in [1.54, 1.807) is 39.2 Å². The molecule has 2 N–H and O–H groups in total. The summed E-state index contributed by atoms with van der Waals surface area (Å²) in [6.07, 6.45) is 0. The first-order valence-corrected chi connectivity index (χ1v) is 7.94. The number of anilines is 1. The summed E-state index contributed by atoms with van der Waals surface area (Å²) < 4.78 is 10.1. The Bertz CT molecular complexity index is 757. The quantitative estimate of drug-likeness (QED) is 0.796. The predicted octanol–water partition coefficient (Wildman–Crippen LogP) is 2.62. The van der Waals surface area contributed by atoms with Gasteiger partial charge in [-0.25, -0.2) is 9.78 Å². The predicted molar refractivity (Wildman–Crippen MR) is 89.8 cm³/mol. The largest absolute Gasteiger partial charge is 0.482 e. The number of benzene rings is 1. The number of aromatic nitrogens is 1. The number of methoxy groups -OCH3 is 1. The monoisotopic (exact) mass is 350 g/mol. The molecule has 1 aromatic carbocycles. The number of hydrogen-bond acceptors (Lipinski definition) is 6. The van der Waals surface area contributed by atoms with Crippen LogP contribution in [0.1, 0.15) is 25.9 Å². The number of carbonyl (C=O) groups excluding carboxylic acids is 1. The van der Waals surface area contributed by atoms with Crippen LogP contribution in [0.25, 0.3) is 0 Å². The molecule has 128 valence electrons. The molecule has 1 aromatic heterocycles. The molecule has 2 aromatic rings. The van der Waals surface area contributed by atoms with Gasteiger partial charge in [-0.1, -0.05) is 0 Å². The van der Waals surface area contributed by atoms with Crippen LogP contribution in [0.2, 0.25) is 0 Å². The van der Waals surface area contributed by atoms with Crippen LogP contribution in [0.3, 0.4) is 0 Å². The van der Waals surface area contributed by atoms with Crippen LogP contribution >= 0.6 is 11.3 Å². The van der Waals surface area contributed by atoms with Gasteiger partial charge in [-0.15, -0.1) is 11.3 Å². The number of amides is 1. The van der Waals surface area contributed by atoms with E-state index in [0.29, 0.717) is 28.6 Å². The van der Waals surface area contributed by atoms with Crippen molar-refractivity contribution >= 4 is 28.9 Å². The minimum atomic E-state index is -1.04. The van der Waals surface area contributed by atoms with Crippen LogP contribution in [0.5, 0.6) is 5.75 Å². The fraction of sp³-hybridized carbons (Fsp3) is 0.312. The number of nitrogens with one attached hydrogen (secondary N) is 1. The van der Waals surface area contributed by atoms with Crippen molar-refractivity contribution in [2.24, 2.45) is 0 Å². The van der Waals surface area contributed by atoms with Crippen LogP contribution in [0, 0.1) is 13.8 Å². The third-order valence-corrected chi connectivity index (χ3v) is 4.25. The molecule has 0 radical (unpaired) electrons. The highest BCUT2D eigenvalue weighted by atomic mass is 32.1. The number of carbonyl (C=O) groups is 2. The van der Waals surface area contributed by atoms with Crippen molar-refractivity contribution in [1.82, 2.24) is 4.98 Å². The third-order valence-electron chi connectivity index (χ3n) is 3.12. The lowest BCUT2D eigenvalue weighted by atomic mass is 10.2. The first-order chi connectivity index (χ1) is 11.4. The fourth-order valence-corrected chi connectivity index (χ4v) is 2.97. The van der Waals surface area contributed by atoms with Crippen molar-refractivity contribution in [3.63, 3.8) is 0 Å². The molecule has 1 heterocycles. The zero-order valence-electron chi connectivity index (χ0n) is 13.6. The Kier molecular flexibility index (Phi) is 5.88. The van der Waals surface area contributed by atoms with Crippen molar-refractivity contribution < 1.29 is 24.2 Å². The lowest BCUT2D eigenvalue weighted by molar-refractivity contribution is -0.139. The maximum Gasteiger partial charge on any atom is 0.341 e. The molecule has 0 aliphatic carbocycles. The Morgan fingerprint density at radius 3 is 2.71 bits per heavy atom. The highest BCUT2D eigenvalue weighted by Crippen LogP contribution is 2.24. The molecule has 8 heteroatoms. The van der Waals surface area contributed by atoms with Gasteiger partial charge in [0.05, 0.1) is 12.3 Å². The number of aryl methyl sites for hydroxylation is 2. The molecule has 0 atom stereocenters. The van der Waals surface area contributed by atoms with Crippen LogP contribution < -0.4 is 10.1 Å². The minimum Gasteiger partial charge on any atom is -0.482 e. The van der Waals surface area contributed by atoms with Crippen LogP contribution in [0.15, 0.2) is 18.2 Å². The van der Waals surface area contributed by atoms with Crippen molar-refractivity contribution in [3.05, 3.63) is 39.3 Å². The second-order valence-electron chi connectivity index (χ2n) is 5.07. The second-order valence-corrected chi connectivity index (χ2v) is 6.15. The van der Waals surface area contributed by atoms with E-state index < -0.39 is 12.6 Å². The molecule has 0 bridgehead atoms. The normalized spacial score (nSPS) is 10.5. The van der Waals surface area contributed by atoms with Crippen molar-refractivity contribution in [2.75, 3.05) is 19.0 Å². The van der Waals surface area contributed by atoms with Gasteiger partial charge in [0.2, 0.25) is 0 Å². The van der Waals surface area contributed by atoms with Gasteiger partial charge in [0.25, 0.3) is 5.91 Å². The number of rotatable bonds is 7. The van der Waals surface area contributed by atoms with Gasteiger partial charge in [0.1, 0.15) is 15.6 Å². The molecule has 24 heavy (non-hydrogen) atoms. The summed E-state index contributed by atoms with van der Waals surface area (Å²) in [4.78, 5) is 27.8. The number of carboxylic acids is 1. The summed E-state index contributed by atoms with van der Waals surface area (Å²) in [5.41, 5.74) is 2.05. The molecule has 0 aliphatic rings. The van der Waals surface area contributed by atoms with E-state index in [-0.39, 0.29) is 5.91 Å². The molecule has 0 unspecified atom stereocenters. The minimum absolute atomic E-state index is 0.241. The zero-order valence-corrected chi connectivity index (χ0v) is 14.4. The van der Waals surface area contributed by atoms with E-state index in [0.717, 1.165) is 10.6 Å². The smallest absolute Gasteiger partial charge is 0.341 e. The highest BCUT2D eigenvalue weighted by molar-refractivity contribution is 7.13. The Balaban J connectivity index is 2.10.